The van der Waals surface area contributed by atoms with E-state index in [9.17, 15) is 0 Å². The molecule has 0 amide bonds. The Balaban J connectivity index is 1.63. The Kier molecular flexibility index (Phi) is 3.90. The molecule has 0 bridgehead atoms. The number of rotatable bonds is 1. The van der Waals surface area contributed by atoms with Gasteiger partial charge < -0.3 is 4.57 Å². The van der Waals surface area contributed by atoms with Crippen molar-refractivity contribution in [3.8, 4) is 27.9 Å². The van der Waals surface area contributed by atoms with Crippen molar-refractivity contribution in [2.24, 2.45) is 0 Å². The minimum absolute atomic E-state index is 0.800. The predicted molar refractivity (Wildman–Crippen MR) is 163 cm³/mol. The minimum Gasteiger partial charge on any atom is -0.308 e. The summed E-state index contributed by atoms with van der Waals surface area (Å²) >= 11 is 7.42. The van der Waals surface area contributed by atoms with Crippen molar-refractivity contribution in [2.75, 3.05) is 0 Å². The van der Waals surface area contributed by atoms with Gasteiger partial charge in [0.25, 0.3) is 0 Å². The quantitative estimate of drug-likeness (QED) is 0.211. The minimum atomic E-state index is 0.800. The zero-order valence-corrected chi connectivity index (χ0v) is 21.1. The van der Waals surface area contributed by atoms with Gasteiger partial charge in [-0.1, -0.05) is 115 Å². The summed E-state index contributed by atoms with van der Waals surface area (Å²) in [4.78, 5) is 0. The molecule has 0 aliphatic heterocycles. The molecule has 1 aliphatic carbocycles. The molecule has 1 nitrogen and oxygen atoms in total. The fraction of sp³-hybridized carbons (Fsp3) is 0. The molecule has 8 aromatic rings. The van der Waals surface area contributed by atoms with Crippen molar-refractivity contribution in [2.45, 2.75) is 0 Å². The van der Waals surface area contributed by atoms with Crippen molar-refractivity contribution in [1.29, 1.82) is 0 Å². The largest absolute Gasteiger partial charge is 0.308 e. The summed E-state index contributed by atoms with van der Waals surface area (Å²) in [6, 6.07) is 43.9. The number of hydrogen-bond acceptors (Lipinski definition) is 0. The van der Waals surface area contributed by atoms with Crippen LogP contribution in [0.25, 0.3) is 82.1 Å². The van der Waals surface area contributed by atoms with Crippen molar-refractivity contribution >= 4 is 65.7 Å². The zero-order valence-electron chi connectivity index (χ0n) is 20.4. The average Bonchev–Trinajstić information content (AvgIpc) is 3.26. The molecule has 0 N–H and O–H groups in total. The molecule has 1 aliphatic rings. The molecule has 0 saturated carbocycles. The van der Waals surface area contributed by atoms with Crippen LogP contribution in [0.2, 0.25) is 5.02 Å². The second-order valence-corrected chi connectivity index (χ2v) is 10.6. The number of halogens is 1. The zero-order chi connectivity index (χ0) is 25.0. The molecular formula is C36H20ClN. The highest BCUT2D eigenvalue weighted by Crippen LogP contribution is 2.53. The molecule has 0 radical (unpaired) electrons. The van der Waals surface area contributed by atoms with Crippen LogP contribution in [0.4, 0.5) is 0 Å². The lowest BCUT2D eigenvalue weighted by molar-refractivity contribution is 1.19. The molecule has 2 heteroatoms. The van der Waals surface area contributed by atoms with Crippen LogP contribution in [-0.4, -0.2) is 4.57 Å². The first-order valence-corrected chi connectivity index (χ1v) is 13.4. The summed E-state index contributed by atoms with van der Waals surface area (Å²) in [7, 11) is 0. The number of hydrogen-bond donors (Lipinski definition) is 0. The van der Waals surface area contributed by atoms with Crippen LogP contribution in [0, 0.1) is 0 Å². The Morgan fingerprint density at radius 3 is 2.05 bits per heavy atom. The lowest BCUT2D eigenvalue weighted by atomic mass is 9.90. The van der Waals surface area contributed by atoms with E-state index in [-0.39, 0.29) is 0 Å². The van der Waals surface area contributed by atoms with E-state index in [4.69, 9.17) is 11.6 Å². The number of benzene rings is 7. The highest BCUT2D eigenvalue weighted by Gasteiger charge is 2.28. The molecule has 1 aromatic heterocycles. The highest BCUT2D eigenvalue weighted by atomic mass is 35.5. The van der Waals surface area contributed by atoms with Gasteiger partial charge in [0.15, 0.2) is 0 Å². The van der Waals surface area contributed by atoms with Gasteiger partial charge in [0, 0.05) is 27.4 Å². The van der Waals surface area contributed by atoms with Crippen LogP contribution in [0.15, 0.2) is 121 Å². The van der Waals surface area contributed by atoms with Gasteiger partial charge in [0.2, 0.25) is 0 Å². The van der Waals surface area contributed by atoms with Gasteiger partial charge in [-0.05, 0) is 61.8 Å². The van der Waals surface area contributed by atoms with E-state index in [0.717, 1.165) is 21.6 Å². The lowest BCUT2D eigenvalue weighted by Gasteiger charge is -2.17. The Hall–Kier alpha value is -4.59. The summed E-state index contributed by atoms with van der Waals surface area (Å²) in [6.45, 7) is 0. The molecule has 0 saturated heterocycles. The second kappa shape index (κ2) is 7.25. The Morgan fingerprint density at radius 1 is 0.474 bits per heavy atom. The Bertz CT molecular complexity index is 2300. The fourth-order valence-electron chi connectivity index (χ4n) is 6.79. The van der Waals surface area contributed by atoms with Crippen molar-refractivity contribution in [3.63, 3.8) is 0 Å². The van der Waals surface area contributed by atoms with Gasteiger partial charge in [-0.3, -0.25) is 0 Å². The topological polar surface area (TPSA) is 4.93 Å². The third-order valence-electron chi connectivity index (χ3n) is 8.34. The van der Waals surface area contributed by atoms with Crippen LogP contribution < -0.4 is 0 Å². The van der Waals surface area contributed by atoms with Crippen LogP contribution in [-0.2, 0) is 0 Å². The van der Waals surface area contributed by atoms with Gasteiger partial charge in [-0.2, -0.15) is 0 Å². The van der Waals surface area contributed by atoms with E-state index in [1.165, 1.54) is 65.5 Å². The highest BCUT2D eigenvalue weighted by molar-refractivity contribution is 6.45. The van der Waals surface area contributed by atoms with Gasteiger partial charge in [-0.25, -0.2) is 0 Å². The molecule has 0 atom stereocenters. The van der Waals surface area contributed by atoms with Gasteiger partial charge in [0.05, 0.1) is 16.1 Å². The van der Waals surface area contributed by atoms with Gasteiger partial charge >= 0.3 is 0 Å². The standard InChI is InChI=1S/C36H20ClN/c37-35-29-14-6-5-13-28(29)32-27-12-4-3-11-25(27)26-15-7-10-22-17-19-30-33(31(22)26)34(32)36(35)38(30)24-18-16-21-8-1-2-9-23(21)20-24/h1-20H. The maximum Gasteiger partial charge on any atom is 0.0740 e. The van der Waals surface area contributed by atoms with Crippen LogP contribution >= 0.6 is 11.6 Å². The van der Waals surface area contributed by atoms with Gasteiger partial charge in [0.1, 0.15) is 0 Å². The van der Waals surface area contributed by atoms with E-state index in [0.29, 0.717) is 0 Å². The fourth-order valence-corrected chi connectivity index (χ4v) is 7.13. The summed E-state index contributed by atoms with van der Waals surface area (Å²) in [6.07, 6.45) is 0. The summed E-state index contributed by atoms with van der Waals surface area (Å²) < 4.78 is 2.39. The molecule has 0 fully saturated rings. The van der Waals surface area contributed by atoms with E-state index in [2.05, 4.69) is 126 Å². The lowest BCUT2D eigenvalue weighted by Crippen LogP contribution is -1.96. The first-order chi connectivity index (χ1) is 18.8. The normalized spacial score (nSPS) is 12.3. The predicted octanol–water partition coefficient (Wildman–Crippen LogP) is 10.5. The van der Waals surface area contributed by atoms with Crippen molar-refractivity contribution < 1.29 is 0 Å². The summed E-state index contributed by atoms with van der Waals surface area (Å²) in [5.74, 6) is 0. The Morgan fingerprint density at radius 2 is 1.16 bits per heavy atom. The van der Waals surface area contributed by atoms with Crippen LogP contribution in [0.5, 0.6) is 0 Å². The molecule has 38 heavy (non-hydrogen) atoms. The molecule has 0 unspecified atom stereocenters. The summed E-state index contributed by atoms with van der Waals surface area (Å²) in [5.41, 5.74) is 8.45. The van der Waals surface area contributed by atoms with Crippen molar-refractivity contribution in [1.82, 2.24) is 4.57 Å². The average molecular weight is 502 g/mol. The molecule has 1 heterocycles. The van der Waals surface area contributed by atoms with Crippen molar-refractivity contribution in [3.05, 3.63) is 126 Å². The van der Waals surface area contributed by atoms with E-state index in [1.54, 1.807) is 0 Å². The maximum absolute atomic E-state index is 7.42. The molecule has 7 aromatic carbocycles. The first-order valence-electron chi connectivity index (χ1n) is 13.0. The Labute approximate surface area is 224 Å². The molecule has 0 spiro atoms. The van der Waals surface area contributed by atoms with E-state index in [1.807, 2.05) is 0 Å². The SMILES string of the molecule is Clc1c2ccccc2c2c3c4c5c(cccc5ccc4n(-c4ccc5ccccc5c4)c13)-c1ccccc1-2. The third-order valence-corrected chi connectivity index (χ3v) is 8.73. The maximum atomic E-state index is 7.42. The first kappa shape index (κ1) is 20.5. The van der Waals surface area contributed by atoms with Gasteiger partial charge in [-0.15, -0.1) is 0 Å². The smallest absolute Gasteiger partial charge is 0.0740 e. The van der Waals surface area contributed by atoms with E-state index < -0.39 is 0 Å². The second-order valence-electron chi connectivity index (χ2n) is 10.2. The van der Waals surface area contributed by atoms with Crippen LogP contribution in [0.3, 0.4) is 0 Å². The van der Waals surface area contributed by atoms with Crippen LogP contribution in [0.1, 0.15) is 0 Å². The molecule has 9 rings (SSSR count). The monoisotopic (exact) mass is 501 g/mol. The molecule has 176 valence electrons. The number of fused-ring (bicyclic) bond motifs is 6. The number of nitrogens with zero attached hydrogens (tertiary/aromatic N) is 1. The summed E-state index contributed by atoms with van der Waals surface area (Å²) in [5, 5.41) is 10.6. The van der Waals surface area contributed by atoms with E-state index >= 15 is 0 Å². The molecular weight excluding hydrogens is 482 g/mol. The third kappa shape index (κ3) is 2.47. The number of aromatic nitrogens is 1.